The molecule has 1 aromatic heterocycles. The molecule has 0 radical (unpaired) electrons. The zero-order valence-electron chi connectivity index (χ0n) is 13.2. The van der Waals surface area contributed by atoms with Gasteiger partial charge in [0, 0.05) is 11.5 Å². The molecule has 4 heteroatoms. The van der Waals surface area contributed by atoms with Crippen molar-refractivity contribution in [2.75, 3.05) is 6.61 Å². The number of aryl methyl sites for hydroxylation is 1. The van der Waals surface area contributed by atoms with Gasteiger partial charge in [-0.3, -0.25) is 0 Å². The molecule has 2 heterocycles. The highest BCUT2D eigenvalue weighted by Crippen LogP contribution is 2.16. The van der Waals surface area contributed by atoms with Crippen LogP contribution in [0.3, 0.4) is 0 Å². The monoisotopic (exact) mass is 306 g/mol. The molecule has 0 fully saturated rings. The van der Waals surface area contributed by atoms with E-state index in [0.29, 0.717) is 12.6 Å². The Hall–Kier alpha value is -2.46. The molecule has 0 N–H and O–H groups in total. The second-order valence-electron chi connectivity index (χ2n) is 6.08. The number of nitrogens with zero attached hydrogens (tertiary/aromatic N) is 3. The summed E-state index contributed by atoms with van der Waals surface area (Å²) in [5, 5.41) is 4.70. The predicted molar refractivity (Wildman–Crippen MR) is 87.3 cm³/mol. The van der Waals surface area contributed by atoms with Gasteiger partial charge in [-0.25, -0.2) is 4.57 Å². The number of hydrogen-bond acceptors (Lipinski definition) is 2. The van der Waals surface area contributed by atoms with E-state index in [4.69, 9.17) is 9.84 Å². The zero-order valence-corrected chi connectivity index (χ0v) is 13.2. The topological polar surface area (TPSA) is 30.9 Å². The molecule has 0 spiro atoms. The van der Waals surface area contributed by atoms with Gasteiger partial charge in [-0.15, -0.1) is 0 Å². The molecule has 2 aromatic carbocycles. The van der Waals surface area contributed by atoms with E-state index < -0.39 is 0 Å². The lowest BCUT2D eigenvalue weighted by Crippen LogP contribution is -2.48. The minimum Gasteiger partial charge on any atom is -0.367 e. The summed E-state index contributed by atoms with van der Waals surface area (Å²) < 4.78 is 9.96. The summed E-state index contributed by atoms with van der Waals surface area (Å²) in [7, 11) is 0. The van der Waals surface area contributed by atoms with Crippen molar-refractivity contribution in [2.45, 2.75) is 26.0 Å². The van der Waals surface area contributed by atoms with Crippen molar-refractivity contribution in [3.8, 4) is 5.69 Å². The molecule has 4 rings (SSSR count). The largest absolute Gasteiger partial charge is 0.367 e. The Morgan fingerprint density at radius 3 is 2.70 bits per heavy atom. The Balaban J connectivity index is 1.64. The van der Waals surface area contributed by atoms with Crippen LogP contribution in [-0.4, -0.2) is 16.4 Å². The summed E-state index contributed by atoms with van der Waals surface area (Å²) in [5.41, 5.74) is 3.66. The zero-order chi connectivity index (χ0) is 15.6. The molecule has 1 atom stereocenters. The molecule has 4 nitrogen and oxygen atoms in total. The minimum atomic E-state index is 0.292. The van der Waals surface area contributed by atoms with Crippen LogP contribution in [0.4, 0.5) is 0 Å². The molecule has 0 unspecified atom stereocenters. The second-order valence-corrected chi connectivity index (χ2v) is 6.08. The summed E-state index contributed by atoms with van der Waals surface area (Å²) in [6, 6.07) is 19.3. The third kappa shape index (κ3) is 2.90. The second kappa shape index (κ2) is 5.97. The van der Waals surface area contributed by atoms with Gasteiger partial charge in [0.25, 0.3) is 0 Å². The van der Waals surface area contributed by atoms with E-state index in [1.54, 1.807) is 0 Å². The van der Waals surface area contributed by atoms with Crippen LogP contribution in [-0.2, 0) is 17.8 Å². The van der Waals surface area contributed by atoms with Gasteiger partial charge in [-0.05, 0) is 24.6 Å². The highest BCUT2D eigenvalue weighted by molar-refractivity contribution is 5.32. The average Bonchev–Trinajstić information content (AvgIpc) is 3.02. The van der Waals surface area contributed by atoms with Crippen LogP contribution < -0.4 is 4.57 Å². The molecule has 3 aromatic rings. The molecule has 0 saturated carbocycles. The SMILES string of the molecule is Cc1ccc(-n2c[n+]3c(n2)COC[C@@H]3Cc2ccccc2)cc1. The molecule has 1 aliphatic heterocycles. The Labute approximate surface area is 136 Å². The Morgan fingerprint density at radius 2 is 1.91 bits per heavy atom. The highest BCUT2D eigenvalue weighted by Gasteiger charge is 2.29. The van der Waals surface area contributed by atoms with E-state index >= 15 is 0 Å². The van der Waals surface area contributed by atoms with Crippen LogP contribution in [0, 0.1) is 6.92 Å². The normalized spacial score (nSPS) is 17.0. The van der Waals surface area contributed by atoms with Crippen LogP contribution in [0.15, 0.2) is 60.9 Å². The molecular weight excluding hydrogens is 286 g/mol. The molecule has 0 amide bonds. The fourth-order valence-electron chi connectivity index (χ4n) is 3.03. The predicted octanol–water partition coefficient (Wildman–Crippen LogP) is 2.78. The van der Waals surface area contributed by atoms with Crippen molar-refractivity contribution in [1.29, 1.82) is 0 Å². The Morgan fingerprint density at radius 1 is 1.13 bits per heavy atom. The first kappa shape index (κ1) is 14.2. The number of aromatic nitrogens is 3. The smallest absolute Gasteiger partial charge is 0.304 e. The number of fused-ring (bicyclic) bond motifs is 1. The van der Waals surface area contributed by atoms with Gasteiger partial charge in [0.05, 0.1) is 6.61 Å². The van der Waals surface area contributed by atoms with Crippen molar-refractivity contribution in [1.82, 2.24) is 9.78 Å². The summed E-state index contributed by atoms with van der Waals surface area (Å²) in [6.07, 6.45) is 3.05. The van der Waals surface area contributed by atoms with Gasteiger partial charge in [-0.1, -0.05) is 52.7 Å². The van der Waals surface area contributed by atoms with Gasteiger partial charge in [-0.2, -0.15) is 0 Å². The van der Waals surface area contributed by atoms with E-state index in [0.717, 1.165) is 24.5 Å². The first-order chi connectivity index (χ1) is 11.3. The maximum absolute atomic E-state index is 5.75. The number of ether oxygens (including phenoxy) is 1. The van der Waals surface area contributed by atoms with Crippen molar-refractivity contribution in [3.05, 3.63) is 77.9 Å². The van der Waals surface area contributed by atoms with Crippen LogP contribution in [0.1, 0.15) is 23.0 Å². The summed E-state index contributed by atoms with van der Waals surface area (Å²) in [5.74, 6) is 0.984. The van der Waals surface area contributed by atoms with E-state index in [2.05, 4.69) is 72.4 Å². The fraction of sp³-hybridized carbons (Fsp3) is 0.263. The van der Waals surface area contributed by atoms with Crippen molar-refractivity contribution in [2.24, 2.45) is 0 Å². The summed E-state index contributed by atoms with van der Waals surface area (Å²) in [4.78, 5) is 0. The van der Waals surface area contributed by atoms with E-state index in [1.807, 2.05) is 4.68 Å². The number of hydrogen-bond donors (Lipinski definition) is 0. The standard InChI is InChI=1S/C19H20N3O/c1-15-7-9-17(10-8-15)22-14-21-18(12-23-13-19(21)20-22)11-16-5-3-2-4-6-16/h2-10,14,18H,11-13H2,1H3/q+1/t18-/m0/s1. The number of benzene rings is 2. The Bertz CT molecular complexity index is 793. The van der Waals surface area contributed by atoms with E-state index in [-0.39, 0.29) is 0 Å². The highest BCUT2D eigenvalue weighted by atomic mass is 16.5. The van der Waals surface area contributed by atoms with Gasteiger partial charge in [0.1, 0.15) is 18.3 Å². The van der Waals surface area contributed by atoms with E-state index in [9.17, 15) is 0 Å². The lowest BCUT2D eigenvalue weighted by molar-refractivity contribution is -0.742. The summed E-state index contributed by atoms with van der Waals surface area (Å²) >= 11 is 0. The lowest BCUT2D eigenvalue weighted by atomic mass is 10.1. The van der Waals surface area contributed by atoms with Crippen molar-refractivity contribution >= 4 is 0 Å². The van der Waals surface area contributed by atoms with Crippen LogP contribution in [0.2, 0.25) is 0 Å². The van der Waals surface area contributed by atoms with Gasteiger partial charge in [0.15, 0.2) is 0 Å². The molecular formula is C19H20N3O+. The molecule has 1 aliphatic rings. The van der Waals surface area contributed by atoms with Gasteiger partial charge >= 0.3 is 5.82 Å². The molecule has 0 bridgehead atoms. The molecule has 23 heavy (non-hydrogen) atoms. The third-order valence-electron chi connectivity index (χ3n) is 4.30. The van der Waals surface area contributed by atoms with Crippen molar-refractivity contribution in [3.63, 3.8) is 0 Å². The first-order valence-corrected chi connectivity index (χ1v) is 7.98. The molecule has 0 saturated heterocycles. The maximum atomic E-state index is 5.75. The maximum Gasteiger partial charge on any atom is 0.304 e. The van der Waals surface area contributed by atoms with Gasteiger partial charge in [0.2, 0.25) is 6.33 Å². The van der Waals surface area contributed by atoms with Crippen molar-refractivity contribution < 1.29 is 9.30 Å². The van der Waals surface area contributed by atoms with Crippen LogP contribution in [0.25, 0.3) is 5.69 Å². The molecule has 0 aliphatic carbocycles. The fourth-order valence-corrected chi connectivity index (χ4v) is 3.03. The van der Waals surface area contributed by atoms with Crippen LogP contribution >= 0.6 is 0 Å². The molecule has 116 valence electrons. The minimum absolute atomic E-state index is 0.292. The van der Waals surface area contributed by atoms with Gasteiger partial charge < -0.3 is 4.74 Å². The first-order valence-electron chi connectivity index (χ1n) is 7.98. The quantitative estimate of drug-likeness (QED) is 0.697. The summed E-state index contributed by atoms with van der Waals surface area (Å²) in [6.45, 7) is 3.40. The Kier molecular flexibility index (Phi) is 3.67. The third-order valence-corrected chi connectivity index (χ3v) is 4.30. The van der Waals surface area contributed by atoms with E-state index in [1.165, 1.54) is 11.1 Å². The lowest BCUT2D eigenvalue weighted by Gasteiger charge is -2.19. The average molecular weight is 306 g/mol. The van der Waals surface area contributed by atoms with Crippen LogP contribution in [0.5, 0.6) is 0 Å². The number of rotatable bonds is 3.